The first kappa shape index (κ1) is 17.3. The number of carbonyl (C=O) groups excluding carboxylic acids is 1. The van der Waals surface area contributed by atoms with E-state index in [4.69, 9.17) is 27.9 Å². The van der Waals surface area contributed by atoms with Crippen molar-refractivity contribution >= 4 is 46.6 Å². The molecule has 2 aromatic rings. The van der Waals surface area contributed by atoms with Crippen LogP contribution in [0.2, 0.25) is 10.0 Å². The van der Waals surface area contributed by atoms with Gasteiger partial charge >= 0.3 is 0 Å². The first-order valence-corrected chi connectivity index (χ1v) is 9.39. The van der Waals surface area contributed by atoms with Gasteiger partial charge in [-0.3, -0.25) is 4.79 Å². The van der Waals surface area contributed by atoms with Gasteiger partial charge in [-0.1, -0.05) is 41.0 Å². The van der Waals surface area contributed by atoms with E-state index >= 15 is 0 Å². The predicted octanol–water partition coefficient (Wildman–Crippen LogP) is 4.69. The monoisotopic (exact) mass is 383 g/mol. The van der Waals surface area contributed by atoms with Crippen molar-refractivity contribution in [3.8, 4) is 5.88 Å². The quantitative estimate of drug-likeness (QED) is 0.599. The average Bonchev–Trinajstić information content (AvgIpc) is 2.54. The Morgan fingerprint density at radius 3 is 2.62 bits per heavy atom. The summed E-state index contributed by atoms with van der Waals surface area (Å²) in [5.41, 5.74) is 0.616. The first-order valence-electron chi connectivity index (χ1n) is 7.41. The average molecular weight is 384 g/mol. The topological polar surface area (TPSA) is 64.1 Å². The van der Waals surface area contributed by atoms with Crippen LogP contribution in [0.1, 0.15) is 29.6 Å². The largest absolute Gasteiger partial charge is 0.474 e. The van der Waals surface area contributed by atoms with E-state index in [2.05, 4.69) is 15.3 Å². The molecular weight excluding hydrogens is 369 g/mol. The van der Waals surface area contributed by atoms with E-state index in [0.717, 1.165) is 19.3 Å². The Labute approximate surface area is 154 Å². The molecule has 1 saturated carbocycles. The van der Waals surface area contributed by atoms with Crippen LogP contribution in [-0.2, 0) is 0 Å². The molecular formula is C16H15Cl2N3O2S. The third-order valence-corrected chi connectivity index (χ3v) is 4.88. The van der Waals surface area contributed by atoms with E-state index in [1.165, 1.54) is 18.0 Å². The Bertz CT molecular complexity index is 749. The van der Waals surface area contributed by atoms with Gasteiger partial charge in [0.15, 0.2) is 5.16 Å². The fraction of sp³-hybridized carbons (Fsp3) is 0.312. The Morgan fingerprint density at radius 1 is 1.33 bits per heavy atom. The summed E-state index contributed by atoms with van der Waals surface area (Å²) >= 11 is 13.6. The molecule has 0 unspecified atom stereocenters. The van der Waals surface area contributed by atoms with E-state index in [1.54, 1.807) is 18.2 Å². The lowest BCUT2D eigenvalue weighted by Gasteiger charge is -2.26. The molecule has 0 atom stereocenters. The van der Waals surface area contributed by atoms with Gasteiger partial charge in [0, 0.05) is 6.20 Å². The number of amides is 1. The summed E-state index contributed by atoms with van der Waals surface area (Å²) in [6.07, 6.45) is 6.50. The summed E-state index contributed by atoms with van der Waals surface area (Å²) < 4.78 is 5.85. The fourth-order valence-corrected chi connectivity index (χ4v) is 2.96. The van der Waals surface area contributed by atoms with Gasteiger partial charge in [0.05, 0.1) is 15.7 Å². The summed E-state index contributed by atoms with van der Waals surface area (Å²) in [5.74, 6) is -0.119. The second-order valence-electron chi connectivity index (χ2n) is 5.30. The SMILES string of the molecule is CSc1ncc(C(=O)Nc2c(Cl)cccc2Cl)c(OC2CCC2)n1. The minimum Gasteiger partial charge on any atom is -0.474 e. The van der Waals surface area contributed by atoms with Crippen LogP contribution in [0.5, 0.6) is 5.88 Å². The van der Waals surface area contributed by atoms with Gasteiger partial charge in [0.1, 0.15) is 11.7 Å². The second kappa shape index (κ2) is 7.59. The number of halogens is 2. The Hall–Kier alpha value is -1.50. The molecule has 1 aromatic heterocycles. The molecule has 5 nitrogen and oxygen atoms in total. The molecule has 1 aliphatic carbocycles. The Morgan fingerprint density at radius 2 is 2.04 bits per heavy atom. The summed E-state index contributed by atoms with van der Waals surface area (Å²) in [5, 5.41) is 3.99. The maximum atomic E-state index is 12.6. The number of rotatable bonds is 5. The third-order valence-electron chi connectivity index (χ3n) is 3.69. The van der Waals surface area contributed by atoms with Crippen molar-refractivity contribution in [2.45, 2.75) is 30.5 Å². The van der Waals surface area contributed by atoms with Crippen molar-refractivity contribution in [2.24, 2.45) is 0 Å². The van der Waals surface area contributed by atoms with Crippen molar-refractivity contribution in [2.75, 3.05) is 11.6 Å². The number of hydrogen-bond acceptors (Lipinski definition) is 5. The molecule has 1 aliphatic rings. The number of hydrogen-bond donors (Lipinski definition) is 1. The molecule has 3 rings (SSSR count). The number of aromatic nitrogens is 2. The van der Waals surface area contributed by atoms with Gasteiger partial charge in [-0.15, -0.1) is 0 Å². The zero-order valence-electron chi connectivity index (χ0n) is 12.9. The highest BCUT2D eigenvalue weighted by Gasteiger charge is 2.24. The zero-order chi connectivity index (χ0) is 17.1. The van der Waals surface area contributed by atoms with Crippen LogP contribution in [0.3, 0.4) is 0 Å². The van der Waals surface area contributed by atoms with Crippen LogP contribution < -0.4 is 10.1 Å². The van der Waals surface area contributed by atoms with Gasteiger partial charge < -0.3 is 10.1 Å². The molecule has 0 bridgehead atoms. The van der Waals surface area contributed by atoms with Crippen LogP contribution in [0.25, 0.3) is 0 Å². The molecule has 126 valence electrons. The first-order chi connectivity index (χ1) is 11.6. The van der Waals surface area contributed by atoms with Gasteiger partial charge in [0.25, 0.3) is 5.91 Å². The number of nitrogens with one attached hydrogen (secondary N) is 1. The van der Waals surface area contributed by atoms with E-state index in [-0.39, 0.29) is 11.7 Å². The van der Waals surface area contributed by atoms with Crippen molar-refractivity contribution in [3.63, 3.8) is 0 Å². The molecule has 0 spiro atoms. The minimum absolute atomic E-state index is 0.102. The van der Waals surface area contributed by atoms with Crippen molar-refractivity contribution in [3.05, 3.63) is 40.0 Å². The van der Waals surface area contributed by atoms with Crippen LogP contribution in [0.15, 0.2) is 29.6 Å². The second-order valence-corrected chi connectivity index (χ2v) is 6.88. The zero-order valence-corrected chi connectivity index (χ0v) is 15.2. The van der Waals surface area contributed by atoms with Crippen molar-refractivity contribution < 1.29 is 9.53 Å². The number of anilines is 1. The number of benzene rings is 1. The molecule has 1 fully saturated rings. The molecule has 0 aliphatic heterocycles. The Kier molecular flexibility index (Phi) is 5.48. The number of nitrogens with zero attached hydrogens (tertiary/aromatic N) is 2. The molecule has 24 heavy (non-hydrogen) atoms. The van der Waals surface area contributed by atoms with Crippen LogP contribution in [0.4, 0.5) is 5.69 Å². The molecule has 1 aromatic carbocycles. The maximum Gasteiger partial charge on any atom is 0.262 e. The normalized spacial score (nSPS) is 14.1. The van der Waals surface area contributed by atoms with E-state index < -0.39 is 5.91 Å². The number of thioether (sulfide) groups is 1. The van der Waals surface area contributed by atoms with E-state index in [0.29, 0.717) is 26.8 Å². The molecule has 1 N–H and O–H groups in total. The smallest absolute Gasteiger partial charge is 0.262 e. The number of para-hydroxylation sites is 1. The lowest BCUT2D eigenvalue weighted by Crippen LogP contribution is -2.27. The third kappa shape index (κ3) is 3.77. The molecule has 8 heteroatoms. The van der Waals surface area contributed by atoms with Crippen molar-refractivity contribution in [1.29, 1.82) is 0 Å². The summed E-state index contributed by atoms with van der Waals surface area (Å²) in [4.78, 5) is 21.1. The van der Waals surface area contributed by atoms with Gasteiger partial charge in [0.2, 0.25) is 5.88 Å². The van der Waals surface area contributed by atoms with Crippen LogP contribution in [0, 0.1) is 0 Å². The van der Waals surface area contributed by atoms with E-state index in [9.17, 15) is 4.79 Å². The maximum absolute atomic E-state index is 12.6. The minimum atomic E-state index is -0.410. The predicted molar refractivity (Wildman–Crippen MR) is 96.5 cm³/mol. The standard InChI is InChI=1S/C16H15Cl2N3O2S/c1-24-16-19-8-10(15(21-16)23-9-4-2-5-9)14(22)20-13-11(17)6-3-7-12(13)18/h3,6-9H,2,4-5H2,1H3,(H,20,22). The lowest BCUT2D eigenvalue weighted by atomic mass is 9.96. The lowest BCUT2D eigenvalue weighted by molar-refractivity contribution is 0.0975. The summed E-state index contributed by atoms with van der Waals surface area (Å²) in [6.45, 7) is 0. The molecule has 1 amide bonds. The van der Waals surface area contributed by atoms with Gasteiger partial charge in [-0.05, 0) is 37.7 Å². The van der Waals surface area contributed by atoms with Crippen LogP contribution >= 0.6 is 35.0 Å². The highest BCUT2D eigenvalue weighted by Crippen LogP contribution is 2.32. The van der Waals surface area contributed by atoms with Gasteiger partial charge in [-0.2, -0.15) is 4.98 Å². The van der Waals surface area contributed by atoms with Gasteiger partial charge in [-0.25, -0.2) is 4.98 Å². The Balaban J connectivity index is 1.88. The van der Waals surface area contributed by atoms with Crippen molar-refractivity contribution in [1.82, 2.24) is 9.97 Å². The number of carbonyl (C=O) groups is 1. The fourth-order valence-electron chi connectivity index (χ4n) is 2.14. The number of ether oxygens (including phenoxy) is 1. The summed E-state index contributed by atoms with van der Waals surface area (Å²) in [6, 6.07) is 5.02. The highest BCUT2D eigenvalue weighted by atomic mass is 35.5. The highest BCUT2D eigenvalue weighted by molar-refractivity contribution is 7.98. The molecule has 0 radical (unpaired) electrons. The van der Waals surface area contributed by atoms with E-state index in [1.807, 2.05) is 6.26 Å². The van der Waals surface area contributed by atoms with Crippen LogP contribution in [-0.4, -0.2) is 28.2 Å². The summed E-state index contributed by atoms with van der Waals surface area (Å²) in [7, 11) is 0. The molecule has 0 saturated heterocycles. The molecule has 1 heterocycles.